The second-order valence-corrected chi connectivity index (χ2v) is 3.97. The van der Waals surface area contributed by atoms with Crippen LogP contribution in [0.2, 0.25) is 0 Å². The van der Waals surface area contributed by atoms with Gasteiger partial charge in [-0.25, -0.2) is 10.1 Å². The van der Waals surface area contributed by atoms with E-state index in [0.717, 1.165) is 5.56 Å². The summed E-state index contributed by atoms with van der Waals surface area (Å²) in [5.74, 6) is 7.08. The van der Waals surface area contributed by atoms with Gasteiger partial charge in [0.1, 0.15) is 0 Å². The van der Waals surface area contributed by atoms with E-state index in [-0.39, 0.29) is 30.6 Å². The van der Waals surface area contributed by atoms with Gasteiger partial charge in [-0.1, -0.05) is 0 Å². The lowest BCUT2D eigenvalue weighted by Gasteiger charge is -2.06. The largest absolute Gasteiger partial charge is 0.504 e. The number of nitrogens with one attached hydrogen (secondary N) is 1. The fourth-order valence-electron chi connectivity index (χ4n) is 1.49. The Morgan fingerprint density at radius 1 is 1.41 bits per heavy atom. The Morgan fingerprint density at radius 2 is 2.14 bits per heavy atom. The molecule has 0 saturated carbocycles. The van der Waals surface area contributed by atoms with Crippen LogP contribution in [0.15, 0.2) is 23.3 Å². The molecule has 10 heteroatoms. The first kappa shape index (κ1) is 19.8. The van der Waals surface area contributed by atoms with E-state index in [1.54, 1.807) is 31.3 Å². The van der Waals surface area contributed by atoms with Gasteiger partial charge in [-0.2, -0.15) is 5.10 Å². The van der Waals surface area contributed by atoms with Crippen molar-refractivity contribution in [2.75, 3.05) is 17.9 Å². The van der Waals surface area contributed by atoms with Crippen molar-refractivity contribution in [2.24, 2.45) is 5.10 Å². The van der Waals surface area contributed by atoms with Crippen LogP contribution in [-0.4, -0.2) is 32.8 Å². The summed E-state index contributed by atoms with van der Waals surface area (Å²) in [5, 5.41) is 21.2. The normalized spacial score (nSPS) is 9.91. The highest BCUT2D eigenvalue weighted by atomic mass is 35.5. The van der Waals surface area contributed by atoms with Gasteiger partial charge in [0.25, 0.3) is 5.95 Å². The predicted octanol–water partition coefficient (Wildman–Crippen LogP) is 1.69. The molecule has 0 amide bonds. The number of nitrogens with two attached hydrogens (primary N) is 1. The molecule has 2 rings (SSSR count). The van der Waals surface area contributed by atoms with Crippen LogP contribution in [0.4, 0.5) is 5.95 Å². The number of rotatable bonds is 5. The summed E-state index contributed by atoms with van der Waals surface area (Å²) in [6.45, 7) is 4.05. The number of aromatic nitrogens is 3. The summed E-state index contributed by atoms with van der Waals surface area (Å²) >= 11 is 0. The van der Waals surface area contributed by atoms with Crippen LogP contribution in [-0.2, 0) is 0 Å². The van der Waals surface area contributed by atoms with Crippen LogP contribution < -0.4 is 16.0 Å². The second-order valence-electron chi connectivity index (χ2n) is 3.97. The van der Waals surface area contributed by atoms with Crippen molar-refractivity contribution in [1.29, 1.82) is 0 Å². The lowest BCUT2D eigenvalue weighted by molar-refractivity contribution is 0.318. The van der Waals surface area contributed by atoms with Crippen molar-refractivity contribution < 1.29 is 9.84 Å². The molecule has 0 bridgehead atoms. The molecule has 0 saturated heterocycles. The van der Waals surface area contributed by atoms with Crippen LogP contribution >= 0.6 is 24.8 Å². The second kappa shape index (κ2) is 8.96. The molecule has 0 atom stereocenters. The minimum atomic E-state index is 0. The van der Waals surface area contributed by atoms with Gasteiger partial charge >= 0.3 is 0 Å². The van der Waals surface area contributed by atoms with Crippen molar-refractivity contribution in [1.82, 2.24) is 14.9 Å². The molecule has 0 fully saturated rings. The highest BCUT2D eigenvalue weighted by Crippen LogP contribution is 2.26. The van der Waals surface area contributed by atoms with Crippen molar-refractivity contribution in [3.63, 3.8) is 0 Å². The molecule has 2 aromatic rings. The zero-order valence-electron chi connectivity index (χ0n) is 12.1. The summed E-state index contributed by atoms with van der Waals surface area (Å²) < 4.78 is 6.58. The number of benzene rings is 1. The van der Waals surface area contributed by atoms with Crippen LogP contribution in [0.1, 0.15) is 18.3 Å². The Bertz CT molecular complexity index is 632. The molecule has 1 aromatic heterocycles. The Hall–Kier alpha value is -2.19. The number of phenolic OH excluding ortho intramolecular Hbond substituents is 1. The van der Waals surface area contributed by atoms with Crippen molar-refractivity contribution in [3.8, 4) is 11.5 Å². The van der Waals surface area contributed by atoms with E-state index < -0.39 is 0 Å². The lowest BCUT2D eigenvalue weighted by atomic mass is 10.2. The van der Waals surface area contributed by atoms with Crippen LogP contribution in [0.3, 0.4) is 0 Å². The number of hydrogen-bond acceptors (Lipinski definition) is 7. The van der Waals surface area contributed by atoms with E-state index >= 15 is 0 Å². The number of aryl methyl sites for hydroxylation is 1. The molecule has 4 N–H and O–H groups in total. The number of halogens is 2. The number of ether oxygens (including phenoxy) is 1. The van der Waals surface area contributed by atoms with Crippen molar-refractivity contribution in [2.45, 2.75) is 13.8 Å². The van der Waals surface area contributed by atoms with Gasteiger partial charge in [0.2, 0.25) is 0 Å². The van der Waals surface area contributed by atoms with Gasteiger partial charge in [0.05, 0.1) is 12.8 Å². The number of nitrogen functional groups attached to an aromatic ring is 1. The maximum absolute atomic E-state index is 9.59. The minimum Gasteiger partial charge on any atom is -0.504 e. The molecule has 0 radical (unpaired) electrons. The van der Waals surface area contributed by atoms with Gasteiger partial charge in [0.15, 0.2) is 17.3 Å². The summed E-state index contributed by atoms with van der Waals surface area (Å²) in [5.41, 5.74) is 3.44. The zero-order chi connectivity index (χ0) is 14.5. The van der Waals surface area contributed by atoms with E-state index in [1.807, 2.05) is 6.92 Å². The smallest absolute Gasteiger partial charge is 0.263 e. The van der Waals surface area contributed by atoms with Crippen molar-refractivity contribution in [3.05, 3.63) is 29.6 Å². The number of hydrazone groups is 1. The van der Waals surface area contributed by atoms with Gasteiger partial charge in [-0.05, 0) is 37.6 Å². The first-order valence-electron chi connectivity index (χ1n) is 6.03. The number of anilines is 1. The fraction of sp³-hybridized carbons (Fsp3) is 0.250. The van der Waals surface area contributed by atoms with Crippen LogP contribution in [0.25, 0.3) is 0 Å². The third-order valence-electron chi connectivity index (χ3n) is 2.53. The molecule has 0 aliphatic carbocycles. The molecule has 8 nitrogen and oxygen atoms in total. The Labute approximate surface area is 140 Å². The molecular weight excluding hydrogens is 331 g/mol. The summed E-state index contributed by atoms with van der Waals surface area (Å²) in [4.78, 5) is 0. The van der Waals surface area contributed by atoms with E-state index in [4.69, 9.17) is 10.6 Å². The number of aromatic hydroxyl groups is 1. The third-order valence-corrected chi connectivity index (χ3v) is 2.53. The first-order valence-corrected chi connectivity index (χ1v) is 6.03. The van der Waals surface area contributed by atoms with E-state index in [9.17, 15) is 5.11 Å². The molecule has 1 aromatic carbocycles. The zero-order valence-corrected chi connectivity index (χ0v) is 13.7. The maximum Gasteiger partial charge on any atom is 0.263 e. The standard InChI is InChI=1S/C12H16N6O2.2ClH/c1-3-20-11-6-9(4-5-10(11)19)7-14-16-12-17-15-8(2)18(12)13;;/h4-7,19H,3,13H2,1-2H3,(H,16,17);2*1H/b14-7+;;. The van der Waals surface area contributed by atoms with Gasteiger partial charge in [0, 0.05) is 0 Å². The van der Waals surface area contributed by atoms with Gasteiger partial charge in [-0.3, -0.25) is 0 Å². The molecule has 22 heavy (non-hydrogen) atoms. The van der Waals surface area contributed by atoms with Crippen LogP contribution in [0.5, 0.6) is 11.5 Å². The van der Waals surface area contributed by atoms with Gasteiger partial charge < -0.3 is 15.7 Å². The summed E-state index contributed by atoms with van der Waals surface area (Å²) in [6, 6.07) is 4.94. The Morgan fingerprint density at radius 3 is 2.73 bits per heavy atom. The van der Waals surface area contributed by atoms with Crippen molar-refractivity contribution >= 4 is 37.0 Å². The lowest BCUT2D eigenvalue weighted by Crippen LogP contribution is -2.13. The maximum atomic E-state index is 9.59. The average molecular weight is 349 g/mol. The molecule has 1 heterocycles. The summed E-state index contributed by atoms with van der Waals surface area (Å²) in [7, 11) is 0. The average Bonchev–Trinajstić information content (AvgIpc) is 2.75. The molecule has 122 valence electrons. The molecule has 0 aliphatic heterocycles. The number of phenols is 1. The molecule has 0 aliphatic rings. The number of nitrogens with zero attached hydrogens (tertiary/aromatic N) is 4. The molecular formula is C12H18Cl2N6O2. The van der Waals surface area contributed by atoms with Crippen LogP contribution in [0, 0.1) is 6.92 Å². The molecule has 0 spiro atoms. The van der Waals surface area contributed by atoms with E-state index in [0.29, 0.717) is 24.1 Å². The minimum absolute atomic E-state index is 0. The van der Waals surface area contributed by atoms with Gasteiger partial charge in [-0.15, -0.1) is 35.0 Å². The van der Waals surface area contributed by atoms with E-state index in [2.05, 4.69) is 20.7 Å². The first-order chi connectivity index (χ1) is 9.61. The fourth-order valence-corrected chi connectivity index (χ4v) is 1.49. The topological polar surface area (TPSA) is 111 Å². The molecule has 0 unspecified atom stereocenters. The highest BCUT2D eigenvalue weighted by molar-refractivity contribution is 5.85. The highest BCUT2D eigenvalue weighted by Gasteiger charge is 2.04. The quantitative estimate of drug-likeness (QED) is 0.430. The number of hydrogen-bond donors (Lipinski definition) is 3. The monoisotopic (exact) mass is 348 g/mol. The van der Waals surface area contributed by atoms with E-state index in [1.165, 1.54) is 4.68 Å². The Kier molecular flexibility index (Phi) is 8.06. The third kappa shape index (κ3) is 4.68. The SMILES string of the molecule is CCOc1cc(/C=N/Nc2nnc(C)n2N)ccc1O.Cl.Cl. The summed E-state index contributed by atoms with van der Waals surface area (Å²) in [6.07, 6.45) is 1.56. The Balaban J connectivity index is 0.00000220. The predicted molar refractivity (Wildman–Crippen MR) is 89.9 cm³/mol.